The molecule has 2 aromatic rings. The molecule has 4 nitrogen and oxygen atoms in total. The highest BCUT2D eigenvalue weighted by atomic mass is 16.6. The van der Waals surface area contributed by atoms with Gasteiger partial charge < -0.3 is 0 Å². The van der Waals surface area contributed by atoms with Crippen LogP contribution in [0.2, 0.25) is 0 Å². The maximum absolute atomic E-state index is 10.6. The minimum absolute atomic E-state index is 0.121. The molecule has 90 valence electrons. The lowest BCUT2D eigenvalue weighted by Crippen LogP contribution is -1.90. The van der Waals surface area contributed by atoms with Gasteiger partial charge in [0.1, 0.15) is 0 Å². The van der Waals surface area contributed by atoms with Gasteiger partial charge in [-0.1, -0.05) is 0 Å². The van der Waals surface area contributed by atoms with Crippen LogP contribution in [0, 0.1) is 10.1 Å². The van der Waals surface area contributed by atoms with Crippen molar-refractivity contribution < 1.29 is 4.92 Å². The second-order valence-electron chi connectivity index (χ2n) is 4.54. The quantitative estimate of drug-likeness (QED) is 0.609. The second-order valence-corrected chi connectivity index (χ2v) is 4.54. The summed E-state index contributed by atoms with van der Waals surface area (Å²) in [5, 5.41) is 10.6. The van der Waals surface area contributed by atoms with Crippen LogP contribution in [0.1, 0.15) is 24.3 Å². The molecule has 0 unspecified atom stereocenters. The molecule has 0 atom stereocenters. The molecule has 4 heteroatoms. The summed E-state index contributed by atoms with van der Waals surface area (Å²) in [5.74, 6) is 0.637. The molecule has 1 aliphatic rings. The molecule has 3 rings (SSSR count). The van der Waals surface area contributed by atoms with Gasteiger partial charge in [-0.3, -0.25) is 15.1 Å². The van der Waals surface area contributed by atoms with E-state index in [4.69, 9.17) is 0 Å². The van der Waals surface area contributed by atoms with Crippen LogP contribution in [-0.4, -0.2) is 9.91 Å². The first kappa shape index (κ1) is 10.9. The highest BCUT2D eigenvalue weighted by Gasteiger charge is 2.26. The van der Waals surface area contributed by atoms with Crippen LogP contribution >= 0.6 is 0 Å². The summed E-state index contributed by atoms with van der Waals surface area (Å²) in [4.78, 5) is 14.4. The number of nitro benzene ring substituents is 1. The van der Waals surface area contributed by atoms with Gasteiger partial charge in [0.15, 0.2) is 0 Å². The Bertz CT molecular complexity index is 589. The fourth-order valence-corrected chi connectivity index (χ4v) is 2.16. The summed E-state index contributed by atoms with van der Waals surface area (Å²) in [6.07, 6.45) is 6.10. The molecule has 0 N–H and O–H groups in total. The Morgan fingerprint density at radius 2 is 1.89 bits per heavy atom. The molecule has 1 heterocycles. The summed E-state index contributed by atoms with van der Waals surface area (Å²) in [6.45, 7) is 0. The van der Waals surface area contributed by atoms with Gasteiger partial charge in [0.2, 0.25) is 0 Å². The number of non-ortho nitro benzene ring substituents is 1. The molecule has 1 fully saturated rings. The van der Waals surface area contributed by atoms with Gasteiger partial charge in [0.05, 0.1) is 4.92 Å². The van der Waals surface area contributed by atoms with E-state index in [1.54, 1.807) is 24.3 Å². The van der Waals surface area contributed by atoms with Crippen molar-refractivity contribution in [2.75, 3.05) is 0 Å². The number of pyridine rings is 1. The first-order valence-electron chi connectivity index (χ1n) is 5.94. The van der Waals surface area contributed by atoms with Crippen molar-refractivity contribution in [3.05, 3.63) is 58.4 Å². The van der Waals surface area contributed by atoms with Gasteiger partial charge in [0, 0.05) is 30.1 Å². The Balaban J connectivity index is 2.01. The summed E-state index contributed by atoms with van der Waals surface area (Å²) in [7, 11) is 0. The van der Waals surface area contributed by atoms with E-state index in [1.165, 1.54) is 18.4 Å². The predicted molar refractivity (Wildman–Crippen MR) is 68.3 cm³/mol. The third-order valence-corrected chi connectivity index (χ3v) is 3.26. The van der Waals surface area contributed by atoms with Crippen LogP contribution in [0.25, 0.3) is 11.1 Å². The molecule has 1 aliphatic carbocycles. The Kier molecular flexibility index (Phi) is 2.55. The average Bonchev–Trinajstić information content (AvgIpc) is 3.23. The Morgan fingerprint density at radius 1 is 1.17 bits per heavy atom. The van der Waals surface area contributed by atoms with Gasteiger partial charge in [0.25, 0.3) is 5.69 Å². The molecule has 1 aromatic carbocycles. The zero-order valence-corrected chi connectivity index (χ0v) is 9.74. The molecule has 0 bridgehead atoms. The lowest BCUT2D eigenvalue weighted by atomic mass is 9.99. The molecule has 0 spiro atoms. The van der Waals surface area contributed by atoms with E-state index >= 15 is 0 Å². The maximum atomic E-state index is 10.6. The van der Waals surface area contributed by atoms with Gasteiger partial charge in [-0.25, -0.2) is 0 Å². The molecule has 0 amide bonds. The molecule has 0 saturated heterocycles. The van der Waals surface area contributed by atoms with Crippen LogP contribution in [0.4, 0.5) is 5.69 Å². The number of aromatic nitrogens is 1. The van der Waals surface area contributed by atoms with Gasteiger partial charge in [-0.15, -0.1) is 0 Å². The van der Waals surface area contributed by atoms with Gasteiger partial charge in [-0.2, -0.15) is 0 Å². The molecule has 18 heavy (non-hydrogen) atoms. The van der Waals surface area contributed by atoms with Crippen molar-refractivity contribution in [1.82, 2.24) is 4.98 Å². The fourth-order valence-electron chi connectivity index (χ4n) is 2.16. The van der Waals surface area contributed by atoms with Crippen LogP contribution in [0.15, 0.2) is 42.7 Å². The molecule has 1 saturated carbocycles. The molecule has 0 radical (unpaired) electrons. The topological polar surface area (TPSA) is 56.0 Å². The number of hydrogen-bond acceptors (Lipinski definition) is 3. The van der Waals surface area contributed by atoms with Crippen molar-refractivity contribution in [3.63, 3.8) is 0 Å². The Hall–Kier alpha value is -2.23. The van der Waals surface area contributed by atoms with Crippen molar-refractivity contribution >= 4 is 5.69 Å². The average molecular weight is 240 g/mol. The number of hydrogen-bond donors (Lipinski definition) is 0. The number of nitro groups is 1. The standard InChI is InChI=1S/C14H12N2O2/c17-16(18)12-5-3-11(4-6-12)14-9-15-8-7-13(14)10-1-2-10/h3-10H,1-2H2. The summed E-state index contributed by atoms with van der Waals surface area (Å²) in [5.41, 5.74) is 3.51. The van der Waals surface area contributed by atoms with Crippen molar-refractivity contribution in [3.8, 4) is 11.1 Å². The predicted octanol–water partition coefficient (Wildman–Crippen LogP) is 3.53. The smallest absolute Gasteiger partial charge is 0.264 e. The number of rotatable bonds is 3. The monoisotopic (exact) mass is 240 g/mol. The highest BCUT2D eigenvalue weighted by Crippen LogP contribution is 2.44. The van der Waals surface area contributed by atoms with E-state index in [9.17, 15) is 10.1 Å². The normalized spacial score (nSPS) is 14.4. The second kappa shape index (κ2) is 4.22. The maximum Gasteiger partial charge on any atom is 0.269 e. The number of benzene rings is 1. The lowest BCUT2D eigenvalue weighted by molar-refractivity contribution is -0.384. The van der Waals surface area contributed by atoms with E-state index in [0.29, 0.717) is 5.92 Å². The van der Waals surface area contributed by atoms with Crippen molar-refractivity contribution in [1.29, 1.82) is 0 Å². The van der Waals surface area contributed by atoms with Crippen LogP contribution in [0.3, 0.4) is 0 Å². The SMILES string of the molecule is O=[N+]([O-])c1ccc(-c2cnccc2C2CC2)cc1. The Morgan fingerprint density at radius 3 is 2.50 bits per heavy atom. The fraction of sp³-hybridized carbons (Fsp3) is 0.214. The first-order chi connectivity index (χ1) is 8.75. The summed E-state index contributed by atoms with van der Waals surface area (Å²) < 4.78 is 0. The van der Waals surface area contributed by atoms with Crippen LogP contribution < -0.4 is 0 Å². The van der Waals surface area contributed by atoms with Crippen molar-refractivity contribution in [2.45, 2.75) is 18.8 Å². The minimum atomic E-state index is -0.380. The van der Waals surface area contributed by atoms with E-state index < -0.39 is 0 Å². The number of nitrogens with zero attached hydrogens (tertiary/aromatic N) is 2. The van der Waals surface area contributed by atoms with Crippen LogP contribution in [0.5, 0.6) is 0 Å². The summed E-state index contributed by atoms with van der Waals surface area (Å²) in [6, 6.07) is 8.72. The third kappa shape index (κ3) is 1.97. The van der Waals surface area contributed by atoms with Crippen LogP contribution in [-0.2, 0) is 0 Å². The lowest BCUT2D eigenvalue weighted by Gasteiger charge is -2.07. The van der Waals surface area contributed by atoms with E-state index in [-0.39, 0.29) is 10.6 Å². The highest BCUT2D eigenvalue weighted by molar-refractivity contribution is 5.68. The first-order valence-corrected chi connectivity index (χ1v) is 5.94. The van der Waals surface area contributed by atoms with E-state index in [1.807, 2.05) is 12.4 Å². The molecule has 1 aromatic heterocycles. The zero-order chi connectivity index (χ0) is 12.5. The van der Waals surface area contributed by atoms with E-state index in [2.05, 4.69) is 11.1 Å². The molecule has 0 aliphatic heterocycles. The van der Waals surface area contributed by atoms with Gasteiger partial charge in [-0.05, 0) is 48.1 Å². The minimum Gasteiger partial charge on any atom is -0.264 e. The molecular formula is C14H12N2O2. The van der Waals surface area contributed by atoms with Gasteiger partial charge >= 0.3 is 0 Å². The largest absolute Gasteiger partial charge is 0.269 e. The van der Waals surface area contributed by atoms with Crippen molar-refractivity contribution in [2.24, 2.45) is 0 Å². The zero-order valence-electron chi connectivity index (χ0n) is 9.74. The Labute approximate surface area is 104 Å². The molecular weight excluding hydrogens is 228 g/mol. The third-order valence-electron chi connectivity index (χ3n) is 3.26. The summed E-state index contributed by atoms with van der Waals surface area (Å²) >= 11 is 0. The van der Waals surface area contributed by atoms with E-state index in [0.717, 1.165) is 11.1 Å².